The lowest BCUT2D eigenvalue weighted by Crippen LogP contribution is -2.44. The van der Waals surface area contributed by atoms with Crippen LogP contribution in [-0.2, 0) is 18.4 Å². The Bertz CT molecular complexity index is 1080. The second-order valence-electron chi connectivity index (χ2n) is 7.06. The molecule has 176 valence electrons. The molecule has 3 rings (SSSR count). The summed E-state index contributed by atoms with van der Waals surface area (Å²) in [5.74, 6) is 4.01. The molecular formula is C19H25F3N6O3S. The molecule has 1 saturated heterocycles. The zero-order valence-corrected chi connectivity index (χ0v) is 19.0. The van der Waals surface area contributed by atoms with Gasteiger partial charge in [-0.05, 0) is 6.92 Å². The number of thioether (sulfide) groups is 1. The molecule has 2 N–H and O–H groups in total. The number of hydrogen-bond donors (Lipinski definition) is 2. The molecule has 0 spiro atoms. The largest absolute Gasteiger partial charge is 0.490 e. The van der Waals surface area contributed by atoms with Gasteiger partial charge in [0.25, 0.3) is 5.56 Å². The highest BCUT2D eigenvalue weighted by atomic mass is 32.2. The Balaban J connectivity index is 0.000000451. The number of fused-ring (bicyclic) bond motifs is 1. The molecular weight excluding hydrogens is 449 g/mol. The number of nitrogens with one attached hydrogen (secondary N) is 1. The van der Waals surface area contributed by atoms with E-state index in [1.165, 1.54) is 0 Å². The monoisotopic (exact) mass is 474 g/mol. The minimum absolute atomic E-state index is 0.0695. The minimum atomic E-state index is -5.08. The van der Waals surface area contributed by atoms with Crippen molar-refractivity contribution < 1.29 is 23.1 Å². The number of carboxylic acids is 1. The molecule has 0 bridgehead atoms. The van der Waals surface area contributed by atoms with Gasteiger partial charge in [0, 0.05) is 38.5 Å². The maximum Gasteiger partial charge on any atom is 0.490 e. The lowest BCUT2D eigenvalue weighted by atomic mass is 10.4. The fourth-order valence-electron chi connectivity index (χ4n) is 2.86. The number of aliphatic carboxylic acids is 1. The molecule has 0 aliphatic carbocycles. The first-order chi connectivity index (χ1) is 15.0. The Morgan fingerprint density at radius 3 is 2.38 bits per heavy atom. The minimum Gasteiger partial charge on any atom is -0.475 e. The van der Waals surface area contributed by atoms with Gasteiger partial charge in [-0.3, -0.25) is 13.9 Å². The van der Waals surface area contributed by atoms with Crippen molar-refractivity contribution in [2.24, 2.45) is 7.05 Å². The molecule has 0 saturated carbocycles. The summed E-state index contributed by atoms with van der Waals surface area (Å²) in [6.45, 7) is 9.95. The number of carbonyl (C=O) groups is 1. The molecule has 13 heteroatoms. The van der Waals surface area contributed by atoms with Gasteiger partial charge in [-0.2, -0.15) is 18.2 Å². The van der Waals surface area contributed by atoms with Crippen LogP contribution in [0.5, 0.6) is 0 Å². The second kappa shape index (κ2) is 10.7. The lowest BCUT2D eigenvalue weighted by molar-refractivity contribution is -0.192. The van der Waals surface area contributed by atoms with Crippen LogP contribution in [0.1, 0.15) is 20.8 Å². The van der Waals surface area contributed by atoms with E-state index in [0.29, 0.717) is 28.1 Å². The first-order valence-electron chi connectivity index (χ1n) is 9.76. The fourth-order valence-corrected chi connectivity index (χ4v) is 3.66. The van der Waals surface area contributed by atoms with Crippen molar-refractivity contribution in [3.63, 3.8) is 0 Å². The summed E-state index contributed by atoms with van der Waals surface area (Å²) in [7, 11) is 1.77. The van der Waals surface area contributed by atoms with Gasteiger partial charge in [0.1, 0.15) is 0 Å². The quantitative estimate of drug-likeness (QED) is 0.392. The van der Waals surface area contributed by atoms with Crippen LogP contribution < -0.4 is 15.8 Å². The van der Waals surface area contributed by atoms with Crippen LogP contribution in [0.2, 0.25) is 0 Å². The third-order valence-electron chi connectivity index (χ3n) is 4.32. The molecule has 0 aromatic carbocycles. The SMILES string of the molecule is CC#CCn1c(N2CCNCC2)nc2nc(SC(C)C)n(C)c(=O)c21.O=C(O)C(F)(F)F. The molecule has 1 aliphatic rings. The van der Waals surface area contributed by atoms with Gasteiger partial charge in [-0.15, -0.1) is 5.92 Å². The normalized spacial score (nSPS) is 14.1. The van der Waals surface area contributed by atoms with Crippen LogP contribution in [0.15, 0.2) is 9.95 Å². The average Bonchev–Trinajstić information content (AvgIpc) is 3.08. The summed E-state index contributed by atoms with van der Waals surface area (Å²) in [5, 5.41) is 11.5. The molecule has 9 nitrogen and oxygen atoms in total. The maximum absolute atomic E-state index is 13.0. The van der Waals surface area contributed by atoms with Crippen LogP contribution in [0.3, 0.4) is 0 Å². The Kier molecular flexibility index (Phi) is 8.57. The maximum atomic E-state index is 13.0. The van der Waals surface area contributed by atoms with E-state index in [1.54, 1.807) is 30.3 Å². The molecule has 2 aromatic rings. The van der Waals surface area contributed by atoms with Crippen molar-refractivity contribution in [1.29, 1.82) is 0 Å². The van der Waals surface area contributed by atoms with E-state index in [1.807, 2.05) is 4.57 Å². The molecule has 1 fully saturated rings. The molecule has 0 radical (unpaired) electrons. The Morgan fingerprint density at radius 2 is 1.88 bits per heavy atom. The van der Waals surface area contributed by atoms with Gasteiger partial charge >= 0.3 is 12.1 Å². The van der Waals surface area contributed by atoms with Gasteiger partial charge in [0.15, 0.2) is 16.3 Å². The molecule has 0 atom stereocenters. The van der Waals surface area contributed by atoms with E-state index in [4.69, 9.17) is 14.9 Å². The van der Waals surface area contributed by atoms with Crippen LogP contribution in [0.4, 0.5) is 19.1 Å². The highest BCUT2D eigenvalue weighted by Gasteiger charge is 2.38. The highest BCUT2D eigenvalue weighted by Crippen LogP contribution is 2.24. The summed E-state index contributed by atoms with van der Waals surface area (Å²) >= 11 is 1.57. The van der Waals surface area contributed by atoms with Crippen molar-refractivity contribution in [2.75, 3.05) is 31.1 Å². The third kappa shape index (κ3) is 6.17. The number of halogens is 3. The van der Waals surface area contributed by atoms with Gasteiger partial charge in [-0.25, -0.2) is 9.78 Å². The number of hydrogen-bond acceptors (Lipinski definition) is 7. The summed E-state index contributed by atoms with van der Waals surface area (Å²) in [6.07, 6.45) is -5.08. The number of piperazine rings is 1. The Labute approximate surface area is 187 Å². The van der Waals surface area contributed by atoms with Crippen molar-refractivity contribution in [3.05, 3.63) is 10.4 Å². The van der Waals surface area contributed by atoms with E-state index in [9.17, 15) is 18.0 Å². The zero-order valence-electron chi connectivity index (χ0n) is 18.2. The number of rotatable bonds is 4. The number of carboxylic acid groups (broad SMARTS) is 1. The summed E-state index contributed by atoms with van der Waals surface area (Å²) < 4.78 is 35.3. The lowest BCUT2D eigenvalue weighted by Gasteiger charge is -2.28. The standard InChI is InChI=1S/C17H24N6OS.C2HF3O2/c1-5-6-9-23-13-14(19-16(23)22-10-7-18-8-11-22)20-17(25-12(2)3)21(4)15(13)24;3-2(4,5)1(6)7/h12,18H,7-11H2,1-4H3;(H,6,7). The molecule has 2 aromatic heterocycles. The second-order valence-corrected chi connectivity index (χ2v) is 8.61. The first-order valence-corrected chi connectivity index (χ1v) is 10.6. The topological polar surface area (TPSA) is 105 Å². The fraction of sp³-hybridized carbons (Fsp3) is 0.579. The predicted molar refractivity (Wildman–Crippen MR) is 116 cm³/mol. The first kappa shape index (κ1) is 25.5. The van der Waals surface area contributed by atoms with Crippen LogP contribution in [0.25, 0.3) is 11.2 Å². The van der Waals surface area contributed by atoms with Crippen LogP contribution in [0, 0.1) is 11.8 Å². The summed E-state index contributed by atoms with van der Waals surface area (Å²) in [6, 6.07) is 0. The number of aromatic nitrogens is 4. The Morgan fingerprint density at radius 1 is 1.28 bits per heavy atom. The molecule has 3 heterocycles. The van der Waals surface area contributed by atoms with Crippen molar-refractivity contribution >= 4 is 34.8 Å². The zero-order chi connectivity index (χ0) is 24.1. The van der Waals surface area contributed by atoms with E-state index < -0.39 is 12.1 Å². The Hall–Kier alpha value is -2.72. The van der Waals surface area contributed by atoms with Gasteiger partial charge in [-0.1, -0.05) is 31.5 Å². The molecule has 0 amide bonds. The van der Waals surface area contributed by atoms with Crippen molar-refractivity contribution in [2.45, 2.75) is 43.9 Å². The summed E-state index contributed by atoms with van der Waals surface area (Å²) in [5.41, 5.74) is 0.976. The van der Waals surface area contributed by atoms with E-state index in [0.717, 1.165) is 32.1 Å². The van der Waals surface area contributed by atoms with Crippen LogP contribution in [-0.4, -0.2) is 67.8 Å². The highest BCUT2D eigenvalue weighted by molar-refractivity contribution is 7.99. The molecule has 1 aliphatic heterocycles. The summed E-state index contributed by atoms with van der Waals surface area (Å²) in [4.78, 5) is 33.5. The van der Waals surface area contributed by atoms with E-state index in [-0.39, 0.29) is 5.56 Å². The average molecular weight is 475 g/mol. The van der Waals surface area contributed by atoms with E-state index >= 15 is 0 Å². The number of nitrogens with zero attached hydrogens (tertiary/aromatic N) is 5. The number of imidazole rings is 1. The van der Waals surface area contributed by atoms with Crippen LogP contribution >= 0.6 is 11.8 Å². The third-order valence-corrected chi connectivity index (χ3v) is 5.37. The van der Waals surface area contributed by atoms with Crippen molar-refractivity contribution in [3.8, 4) is 11.8 Å². The number of alkyl halides is 3. The number of anilines is 1. The van der Waals surface area contributed by atoms with Gasteiger partial charge < -0.3 is 15.3 Å². The molecule has 32 heavy (non-hydrogen) atoms. The smallest absolute Gasteiger partial charge is 0.475 e. The van der Waals surface area contributed by atoms with Crippen molar-refractivity contribution in [1.82, 2.24) is 24.4 Å². The molecule has 0 unspecified atom stereocenters. The van der Waals surface area contributed by atoms with E-state index in [2.05, 4.69) is 40.9 Å². The predicted octanol–water partition coefficient (Wildman–Crippen LogP) is 1.70. The van der Waals surface area contributed by atoms with Gasteiger partial charge in [0.05, 0.1) is 6.54 Å². The van der Waals surface area contributed by atoms with Gasteiger partial charge in [0.2, 0.25) is 5.95 Å².